The summed E-state index contributed by atoms with van der Waals surface area (Å²) in [6.45, 7) is 3.05. The highest BCUT2D eigenvalue weighted by Crippen LogP contribution is 2.20. The van der Waals surface area contributed by atoms with Gasteiger partial charge in [-0.15, -0.1) is 0 Å². The fraction of sp³-hybridized carbons (Fsp3) is 0.529. The zero-order valence-corrected chi connectivity index (χ0v) is 13.9. The van der Waals surface area contributed by atoms with Crippen molar-refractivity contribution < 1.29 is 28.9 Å². The first kappa shape index (κ1) is 18.2. The number of ether oxygens (including phenoxy) is 3. The smallest absolute Gasteiger partial charge is 0.339 e. The van der Waals surface area contributed by atoms with Gasteiger partial charge < -0.3 is 24.6 Å². The number of carboxylic acids is 1. The SMILES string of the molecule is COc1ccc(CNC(=O)[C@H](C)OC[C@@H]2CCCO2)cc1C(=O)O. The van der Waals surface area contributed by atoms with Gasteiger partial charge >= 0.3 is 5.97 Å². The molecule has 0 aliphatic carbocycles. The quantitative estimate of drug-likeness (QED) is 0.748. The van der Waals surface area contributed by atoms with Gasteiger partial charge in [0, 0.05) is 13.2 Å². The van der Waals surface area contributed by atoms with E-state index in [0.29, 0.717) is 12.2 Å². The molecule has 1 aliphatic heterocycles. The molecular formula is C17H23NO6. The van der Waals surface area contributed by atoms with Gasteiger partial charge in [-0.3, -0.25) is 4.79 Å². The summed E-state index contributed by atoms with van der Waals surface area (Å²) in [6.07, 6.45) is 1.46. The molecule has 1 aromatic carbocycles. The lowest BCUT2D eigenvalue weighted by molar-refractivity contribution is -0.133. The molecule has 7 heteroatoms. The van der Waals surface area contributed by atoms with Crippen molar-refractivity contribution in [1.82, 2.24) is 5.32 Å². The van der Waals surface area contributed by atoms with Crippen molar-refractivity contribution >= 4 is 11.9 Å². The van der Waals surface area contributed by atoms with Crippen LogP contribution in [0, 0.1) is 0 Å². The van der Waals surface area contributed by atoms with Crippen LogP contribution in [0.25, 0.3) is 0 Å². The highest BCUT2D eigenvalue weighted by Gasteiger charge is 2.20. The van der Waals surface area contributed by atoms with Gasteiger partial charge in [0.1, 0.15) is 17.4 Å². The molecule has 0 bridgehead atoms. The predicted octanol–water partition coefficient (Wildman–Crippen LogP) is 1.59. The van der Waals surface area contributed by atoms with Gasteiger partial charge in [0.05, 0.1) is 19.8 Å². The second-order valence-electron chi connectivity index (χ2n) is 5.67. The largest absolute Gasteiger partial charge is 0.496 e. The minimum atomic E-state index is -1.08. The number of hydrogen-bond donors (Lipinski definition) is 2. The fourth-order valence-electron chi connectivity index (χ4n) is 2.47. The number of amides is 1. The minimum Gasteiger partial charge on any atom is -0.496 e. The van der Waals surface area contributed by atoms with E-state index < -0.39 is 12.1 Å². The number of nitrogens with one attached hydrogen (secondary N) is 1. The third-order valence-electron chi connectivity index (χ3n) is 3.89. The van der Waals surface area contributed by atoms with E-state index in [1.54, 1.807) is 19.1 Å². The Balaban J connectivity index is 1.84. The van der Waals surface area contributed by atoms with Gasteiger partial charge in [0.15, 0.2) is 0 Å². The van der Waals surface area contributed by atoms with Crippen LogP contribution in [0.2, 0.25) is 0 Å². The van der Waals surface area contributed by atoms with Crippen LogP contribution in [0.5, 0.6) is 5.75 Å². The zero-order valence-electron chi connectivity index (χ0n) is 13.9. The molecule has 2 N–H and O–H groups in total. The van der Waals surface area contributed by atoms with Crippen molar-refractivity contribution in [3.05, 3.63) is 29.3 Å². The number of rotatable bonds is 8. The van der Waals surface area contributed by atoms with Crippen LogP contribution >= 0.6 is 0 Å². The van der Waals surface area contributed by atoms with Gasteiger partial charge in [-0.2, -0.15) is 0 Å². The summed E-state index contributed by atoms with van der Waals surface area (Å²) in [5.74, 6) is -1.04. The molecular weight excluding hydrogens is 314 g/mol. The normalized spacial score (nSPS) is 18.2. The zero-order chi connectivity index (χ0) is 17.5. The van der Waals surface area contributed by atoms with E-state index in [2.05, 4.69) is 5.32 Å². The number of aromatic carboxylic acids is 1. The molecule has 1 fully saturated rings. The average Bonchev–Trinajstić information content (AvgIpc) is 3.10. The van der Waals surface area contributed by atoms with Crippen molar-refractivity contribution in [2.45, 2.75) is 38.5 Å². The van der Waals surface area contributed by atoms with Crippen molar-refractivity contribution in [3.63, 3.8) is 0 Å². The highest BCUT2D eigenvalue weighted by molar-refractivity contribution is 5.91. The van der Waals surface area contributed by atoms with E-state index in [-0.39, 0.29) is 29.9 Å². The maximum absolute atomic E-state index is 12.0. The Morgan fingerprint density at radius 2 is 2.25 bits per heavy atom. The Labute approximate surface area is 140 Å². The number of carbonyl (C=O) groups is 2. The summed E-state index contributed by atoms with van der Waals surface area (Å²) in [5.41, 5.74) is 0.736. The monoisotopic (exact) mass is 337 g/mol. The van der Waals surface area contributed by atoms with E-state index in [4.69, 9.17) is 19.3 Å². The third kappa shape index (κ3) is 4.94. The highest BCUT2D eigenvalue weighted by atomic mass is 16.5. The number of hydrogen-bond acceptors (Lipinski definition) is 5. The molecule has 1 aliphatic rings. The van der Waals surface area contributed by atoms with Crippen molar-refractivity contribution in [2.75, 3.05) is 20.3 Å². The molecule has 0 spiro atoms. The Bertz CT molecular complexity index is 582. The standard InChI is InChI=1S/C17H23NO6/c1-11(24-10-13-4-3-7-23-13)16(19)18-9-12-5-6-15(22-2)14(8-12)17(20)21/h5-6,8,11,13H,3-4,7,9-10H2,1-2H3,(H,18,19)(H,20,21)/t11-,13-/m0/s1. The van der Waals surface area contributed by atoms with Crippen LogP contribution in [0.1, 0.15) is 35.7 Å². The van der Waals surface area contributed by atoms with Crippen molar-refractivity contribution in [3.8, 4) is 5.75 Å². The number of carboxylic acid groups (broad SMARTS) is 1. The van der Waals surface area contributed by atoms with E-state index in [0.717, 1.165) is 19.4 Å². The number of methoxy groups -OCH3 is 1. The summed E-state index contributed by atoms with van der Waals surface area (Å²) < 4.78 is 16.0. The molecule has 1 amide bonds. The summed E-state index contributed by atoms with van der Waals surface area (Å²) in [6, 6.07) is 4.77. The lowest BCUT2D eigenvalue weighted by atomic mass is 10.1. The average molecular weight is 337 g/mol. The van der Waals surface area contributed by atoms with Gasteiger partial charge in [-0.25, -0.2) is 4.79 Å². The predicted molar refractivity (Wildman–Crippen MR) is 86.2 cm³/mol. The second kappa shape index (κ2) is 8.65. The molecule has 0 radical (unpaired) electrons. The molecule has 7 nitrogen and oxygen atoms in total. The molecule has 1 aromatic rings. The molecule has 2 atom stereocenters. The van der Waals surface area contributed by atoms with Crippen LogP contribution < -0.4 is 10.1 Å². The lowest BCUT2D eigenvalue weighted by Gasteiger charge is -2.16. The Kier molecular flexibility index (Phi) is 6.57. The minimum absolute atomic E-state index is 0.0620. The van der Waals surface area contributed by atoms with E-state index in [1.807, 2.05) is 0 Å². The maximum atomic E-state index is 12.0. The molecule has 0 aromatic heterocycles. The van der Waals surface area contributed by atoms with Gasteiger partial charge in [0.25, 0.3) is 0 Å². The molecule has 2 rings (SSSR count). The topological polar surface area (TPSA) is 94.1 Å². The van der Waals surface area contributed by atoms with E-state index in [1.165, 1.54) is 13.2 Å². The maximum Gasteiger partial charge on any atom is 0.339 e. The Morgan fingerprint density at radius 3 is 2.88 bits per heavy atom. The van der Waals surface area contributed by atoms with Crippen LogP contribution in [0.15, 0.2) is 18.2 Å². The van der Waals surface area contributed by atoms with Crippen LogP contribution in [-0.2, 0) is 20.8 Å². The second-order valence-corrected chi connectivity index (χ2v) is 5.67. The summed E-state index contributed by atoms with van der Waals surface area (Å²) in [5, 5.41) is 11.9. The van der Waals surface area contributed by atoms with Crippen LogP contribution in [0.3, 0.4) is 0 Å². The molecule has 0 saturated carbocycles. The van der Waals surface area contributed by atoms with Crippen molar-refractivity contribution in [1.29, 1.82) is 0 Å². The van der Waals surface area contributed by atoms with Gasteiger partial charge in [-0.1, -0.05) is 6.07 Å². The van der Waals surface area contributed by atoms with Crippen LogP contribution in [-0.4, -0.2) is 49.5 Å². The summed E-state index contributed by atoms with van der Waals surface area (Å²) in [4.78, 5) is 23.2. The fourth-order valence-corrected chi connectivity index (χ4v) is 2.47. The first-order valence-corrected chi connectivity index (χ1v) is 7.92. The number of carbonyl (C=O) groups excluding carboxylic acids is 1. The third-order valence-corrected chi connectivity index (χ3v) is 3.89. The lowest BCUT2D eigenvalue weighted by Crippen LogP contribution is -2.35. The van der Waals surface area contributed by atoms with Gasteiger partial charge in [-0.05, 0) is 37.5 Å². The molecule has 24 heavy (non-hydrogen) atoms. The molecule has 1 saturated heterocycles. The molecule has 132 valence electrons. The summed E-state index contributed by atoms with van der Waals surface area (Å²) >= 11 is 0. The Hall–Kier alpha value is -2.12. The molecule has 0 unspecified atom stereocenters. The molecule has 1 heterocycles. The number of benzene rings is 1. The van der Waals surface area contributed by atoms with Gasteiger partial charge in [0.2, 0.25) is 5.91 Å². The van der Waals surface area contributed by atoms with E-state index in [9.17, 15) is 9.59 Å². The summed E-state index contributed by atoms with van der Waals surface area (Å²) in [7, 11) is 1.41. The van der Waals surface area contributed by atoms with Crippen LogP contribution in [0.4, 0.5) is 0 Å². The first-order valence-electron chi connectivity index (χ1n) is 7.92. The van der Waals surface area contributed by atoms with Crippen molar-refractivity contribution in [2.24, 2.45) is 0 Å². The Morgan fingerprint density at radius 1 is 1.46 bits per heavy atom. The first-order chi connectivity index (χ1) is 11.5. The van der Waals surface area contributed by atoms with E-state index >= 15 is 0 Å².